The Bertz CT molecular complexity index is 1580. The smallest absolute Gasteiger partial charge is 0.352 e. The molecule has 1 aliphatic carbocycles. The third-order valence-corrected chi connectivity index (χ3v) is 9.78. The highest BCUT2D eigenvalue weighted by molar-refractivity contribution is 8.00. The first-order valence-corrected chi connectivity index (χ1v) is 15.8. The van der Waals surface area contributed by atoms with Gasteiger partial charge in [-0.15, -0.1) is 23.1 Å². The van der Waals surface area contributed by atoms with Gasteiger partial charge in [0.15, 0.2) is 23.2 Å². The SMILES string of the molecule is C[n+]1ccc(N2CCC(=CC3=C(C(=O)O)N4C(=O)[C@@H](NC(=O)C(=NOC5CCCC5)c5csc(N)n5)[C@H]4SC3)C2=O)cc1.[I-]. The average molecular weight is 752 g/mol. The van der Waals surface area contributed by atoms with Gasteiger partial charge < -0.3 is 49.9 Å². The first-order chi connectivity index (χ1) is 20.7. The lowest BCUT2D eigenvalue weighted by atomic mass is 10.0. The summed E-state index contributed by atoms with van der Waals surface area (Å²) in [6, 6.07) is 2.71. The number of nitrogen functional groups attached to an aromatic ring is 1. The Kier molecular flexibility index (Phi) is 9.59. The summed E-state index contributed by atoms with van der Waals surface area (Å²) in [5.41, 5.74) is 7.34. The van der Waals surface area contributed by atoms with Gasteiger partial charge in [-0.05, 0) is 43.8 Å². The summed E-state index contributed by atoms with van der Waals surface area (Å²) in [6.07, 6.45) is 9.36. The van der Waals surface area contributed by atoms with Gasteiger partial charge in [-0.1, -0.05) is 5.16 Å². The first kappa shape index (κ1) is 31.9. The van der Waals surface area contributed by atoms with E-state index in [9.17, 15) is 24.3 Å². The Balaban J connectivity index is 0.00000384. The maximum atomic E-state index is 13.3. The Labute approximate surface area is 278 Å². The third kappa shape index (κ3) is 6.19. The van der Waals surface area contributed by atoms with Gasteiger partial charge in [0.2, 0.25) is 0 Å². The van der Waals surface area contributed by atoms with Gasteiger partial charge >= 0.3 is 5.97 Å². The van der Waals surface area contributed by atoms with Crippen molar-refractivity contribution in [3.8, 4) is 0 Å². The molecule has 0 unspecified atom stereocenters. The zero-order valence-corrected chi connectivity index (χ0v) is 27.4. The molecule has 3 aliphatic heterocycles. The van der Waals surface area contributed by atoms with Gasteiger partial charge in [0.1, 0.15) is 36.0 Å². The number of anilines is 2. The number of amides is 3. The number of aromatic nitrogens is 2. The number of thioether (sulfide) groups is 1. The Morgan fingerprint density at radius 2 is 1.98 bits per heavy atom. The fourth-order valence-electron chi connectivity index (χ4n) is 5.56. The number of nitrogens with one attached hydrogen (secondary N) is 1. The number of aliphatic carboxylic acids is 1. The molecule has 2 saturated heterocycles. The number of thiazole rings is 1. The molecule has 2 aromatic rings. The van der Waals surface area contributed by atoms with Crippen molar-refractivity contribution in [1.82, 2.24) is 15.2 Å². The van der Waals surface area contributed by atoms with E-state index in [1.807, 2.05) is 36.1 Å². The lowest BCUT2D eigenvalue weighted by molar-refractivity contribution is -0.671. The molecular weight excluding hydrogens is 721 g/mol. The van der Waals surface area contributed by atoms with Crippen LogP contribution in [0.15, 0.2) is 58.0 Å². The van der Waals surface area contributed by atoms with Crippen molar-refractivity contribution in [2.45, 2.75) is 49.6 Å². The summed E-state index contributed by atoms with van der Waals surface area (Å²) < 4.78 is 1.87. The summed E-state index contributed by atoms with van der Waals surface area (Å²) in [4.78, 5) is 64.8. The number of carboxylic acids is 1. The second-order valence-electron chi connectivity index (χ2n) is 10.7. The minimum Gasteiger partial charge on any atom is -1.00 e. The number of oxime groups is 1. The number of carbonyl (C=O) groups is 4. The highest BCUT2D eigenvalue weighted by Crippen LogP contribution is 2.41. The number of nitrogens with zero attached hydrogens (tertiary/aromatic N) is 5. The predicted octanol–water partition coefficient (Wildman–Crippen LogP) is -1.68. The van der Waals surface area contributed by atoms with Crippen molar-refractivity contribution < 1.29 is 57.7 Å². The number of carbonyl (C=O) groups excluding carboxylic acids is 3. The molecule has 0 bridgehead atoms. The average Bonchev–Trinajstić information content (AvgIpc) is 3.75. The van der Waals surface area contributed by atoms with Crippen LogP contribution in [0, 0.1) is 0 Å². The van der Waals surface area contributed by atoms with Crippen molar-refractivity contribution in [2.75, 3.05) is 22.9 Å². The topological polar surface area (TPSA) is 171 Å². The van der Waals surface area contributed by atoms with E-state index in [0.29, 0.717) is 24.1 Å². The minimum absolute atomic E-state index is 0. The van der Waals surface area contributed by atoms with Gasteiger partial charge in [0.05, 0.1) is 5.69 Å². The monoisotopic (exact) mass is 751 g/mol. The van der Waals surface area contributed by atoms with E-state index < -0.39 is 29.2 Å². The van der Waals surface area contributed by atoms with Crippen molar-refractivity contribution >= 4 is 63.3 Å². The van der Waals surface area contributed by atoms with Crippen LogP contribution in [-0.4, -0.2) is 74.2 Å². The van der Waals surface area contributed by atoms with E-state index in [4.69, 9.17) is 10.6 Å². The molecule has 3 fully saturated rings. The number of carboxylic acid groups (broad SMARTS) is 1. The summed E-state index contributed by atoms with van der Waals surface area (Å²) in [7, 11) is 1.89. The maximum Gasteiger partial charge on any atom is 0.352 e. The fourth-order valence-corrected chi connectivity index (χ4v) is 7.42. The molecular formula is C28H30IN7O6S2. The van der Waals surface area contributed by atoms with Gasteiger partial charge in [-0.3, -0.25) is 19.3 Å². The van der Waals surface area contributed by atoms with Crippen LogP contribution in [0.1, 0.15) is 37.8 Å². The van der Waals surface area contributed by atoms with Gasteiger partial charge in [-0.25, -0.2) is 14.3 Å². The standard InChI is InChI=1S/C28H29N7O6S2.HI/c1-33-9-7-17(8-10-33)34-11-6-15(24(34)37)12-16-13-42-26-21(25(38)35(26)22(16)27(39)40)31-23(36)20(19-14-43-28(29)30-19)32-41-18-4-2-3-5-18;/h7-10,12,14,18,21,26H,2-6,11,13H2,1H3,(H3-,29,30,31,36,39,40);1H/t21-,26-;/m1./s1. The molecule has 3 amide bonds. The van der Waals surface area contributed by atoms with Crippen LogP contribution in [0.5, 0.6) is 0 Å². The number of aryl methyl sites for hydroxylation is 1. The van der Waals surface area contributed by atoms with E-state index >= 15 is 0 Å². The number of hydrogen-bond donors (Lipinski definition) is 3. The van der Waals surface area contributed by atoms with Gasteiger partial charge in [0.25, 0.3) is 17.7 Å². The lowest BCUT2D eigenvalue weighted by Gasteiger charge is -2.49. The summed E-state index contributed by atoms with van der Waals surface area (Å²) in [6.45, 7) is 0.472. The summed E-state index contributed by atoms with van der Waals surface area (Å²) in [5.74, 6) is -2.47. The highest BCUT2D eigenvalue weighted by atomic mass is 127. The zero-order chi connectivity index (χ0) is 30.2. The fraction of sp³-hybridized carbons (Fsp3) is 0.393. The Morgan fingerprint density at radius 3 is 2.64 bits per heavy atom. The van der Waals surface area contributed by atoms with E-state index in [2.05, 4.69) is 15.5 Å². The number of pyridine rings is 1. The minimum atomic E-state index is -1.28. The summed E-state index contributed by atoms with van der Waals surface area (Å²) in [5, 5.41) is 18.1. The number of halogens is 1. The maximum absolute atomic E-state index is 13.3. The predicted molar refractivity (Wildman–Crippen MR) is 159 cm³/mol. The molecule has 1 saturated carbocycles. The van der Waals surface area contributed by atoms with Gasteiger partial charge in [0, 0.05) is 35.4 Å². The number of hydrogen-bond acceptors (Lipinski definition) is 10. The van der Waals surface area contributed by atoms with Crippen LogP contribution in [0.3, 0.4) is 0 Å². The van der Waals surface area contributed by atoms with Crippen LogP contribution in [0.2, 0.25) is 0 Å². The van der Waals surface area contributed by atoms with Crippen LogP contribution < -0.4 is 44.5 Å². The van der Waals surface area contributed by atoms with Crippen molar-refractivity contribution in [2.24, 2.45) is 12.2 Å². The van der Waals surface area contributed by atoms with Crippen LogP contribution in [0.4, 0.5) is 10.8 Å². The molecule has 44 heavy (non-hydrogen) atoms. The van der Waals surface area contributed by atoms with Gasteiger partial charge in [-0.2, -0.15) is 0 Å². The first-order valence-electron chi connectivity index (χ1n) is 13.9. The molecule has 0 radical (unpaired) electrons. The van der Waals surface area contributed by atoms with Crippen molar-refractivity contribution in [3.05, 3.63) is 58.5 Å². The highest BCUT2D eigenvalue weighted by Gasteiger charge is 2.54. The van der Waals surface area contributed by atoms with Crippen LogP contribution >= 0.6 is 23.1 Å². The molecule has 0 spiro atoms. The number of rotatable bonds is 8. The van der Waals surface area contributed by atoms with E-state index in [0.717, 1.165) is 42.7 Å². The molecule has 0 aromatic carbocycles. The molecule has 4 N–H and O–H groups in total. The van der Waals surface area contributed by atoms with Crippen LogP contribution in [0.25, 0.3) is 0 Å². The van der Waals surface area contributed by atoms with E-state index in [1.165, 1.54) is 16.7 Å². The van der Waals surface area contributed by atoms with Crippen molar-refractivity contribution in [1.29, 1.82) is 0 Å². The normalized spacial score (nSPS) is 23.0. The molecule has 232 valence electrons. The second kappa shape index (κ2) is 13.2. The summed E-state index contributed by atoms with van der Waals surface area (Å²) >= 11 is 2.46. The molecule has 5 heterocycles. The van der Waals surface area contributed by atoms with Crippen molar-refractivity contribution in [3.63, 3.8) is 0 Å². The lowest BCUT2D eigenvalue weighted by Crippen LogP contribution is -3.00. The largest absolute Gasteiger partial charge is 1.00 e. The third-order valence-electron chi connectivity index (χ3n) is 7.81. The molecule has 4 aliphatic rings. The number of fused-ring (bicyclic) bond motifs is 1. The molecule has 16 heteroatoms. The quantitative estimate of drug-likeness (QED) is 0.0712. The molecule has 2 atom stereocenters. The Morgan fingerprint density at radius 1 is 1.25 bits per heavy atom. The molecule has 6 rings (SSSR count). The van der Waals surface area contributed by atoms with Crippen LogP contribution in [-0.2, 0) is 31.1 Å². The Hall–Kier alpha value is -3.51. The van der Waals surface area contributed by atoms with E-state index in [-0.39, 0.29) is 64.0 Å². The van der Waals surface area contributed by atoms with E-state index in [1.54, 1.807) is 16.4 Å². The molecule has 13 nitrogen and oxygen atoms in total. The molecule has 2 aromatic heterocycles. The number of nitrogens with two attached hydrogens (primary N) is 1. The second-order valence-corrected chi connectivity index (χ2v) is 12.7. The zero-order valence-electron chi connectivity index (χ0n) is 23.6. The number of β-lactam (4-membered cyclic amide) rings is 1. The number of allylic oxidation sites excluding steroid dienone is 1.